The molecule has 0 saturated carbocycles. The molecule has 0 spiro atoms. The first kappa shape index (κ1) is 11.8. The molecule has 0 N–H and O–H groups in total. The van der Waals surface area contributed by atoms with E-state index in [0.717, 1.165) is 0 Å². The van der Waals surface area contributed by atoms with Crippen molar-refractivity contribution in [2.75, 3.05) is 7.11 Å². The van der Waals surface area contributed by atoms with Crippen molar-refractivity contribution < 1.29 is 18.9 Å². The topological polar surface area (TPSA) is 60.7 Å². The molecule has 2 aliphatic heterocycles. The minimum Gasteiger partial charge on any atom is -0.353 e. The van der Waals surface area contributed by atoms with Gasteiger partial charge in [-0.25, -0.2) is 0 Å². The Morgan fingerprint density at radius 1 is 1.44 bits per heavy atom. The molecule has 0 aromatic rings. The lowest BCUT2D eigenvalue weighted by Crippen LogP contribution is -2.47. The molecule has 90 valence electrons. The summed E-state index contributed by atoms with van der Waals surface area (Å²) in [5, 5.41) is 8.68. The van der Waals surface area contributed by atoms with Crippen molar-refractivity contribution >= 4 is 0 Å². The fraction of sp³-hybridized carbons (Fsp3) is 0.909. The number of rotatable bonds is 2. The van der Waals surface area contributed by atoms with E-state index in [9.17, 15) is 0 Å². The van der Waals surface area contributed by atoms with E-state index >= 15 is 0 Å². The predicted octanol–water partition coefficient (Wildman–Crippen LogP) is 1.18. The van der Waals surface area contributed by atoms with Crippen LogP contribution in [0.2, 0.25) is 0 Å². The monoisotopic (exact) mass is 227 g/mol. The number of fused-ring (bicyclic) bond motifs is 1. The fourth-order valence-corrected chi connectivity index (χ4v) is 2.28. The molecular weight excluding hydrogens is 210 g/mol. The molecule has 2 aliphatic rings. The molecule has 5 nitrogen and oxygen atoms in total. The Hall–Kier alpha value is -0.670. The Kier molecular flexibility index (Phi) is 3.17. The van der Waals surface area contributed by atoms with Gasteiger partial charge in [0, 0.05) is 13.5 Å². The van der Waals surface area contributed by atoms with Crippen molar-refractivity contribution in [3.05, 3.63) is 0 Å². The average Bonchev–Trinajstić information content (AvgIpc) is 2.51. The molecule has 16 heavy (non-hydrogen) atoms. The summed E-state index contributed by atoms with van der Waals surface area (Å²) in [6, 6.07) is 2.11. The maximum atomic E-state index is 8.68. The second-order valence-corrected chi connectivity index (χ2v) is 4.60. The fourth-order valence-electron chi connectivity index (χ4n) is 2.28. The van der Waals surface area contributed by atoms with Crippen LogP contribution in [0.25, 0.3) is 0 Å². The number of nitrogens with zero attached hydrogens (tertiary/aromatic N) is 1. The summed E-state index contributed by atoms with van der Waals surface area (Å²) in [5.74, 6) is -0.600. The van der Waals surface area contributed by atoms with Crippen molar-refractivity contribution in [3.8, 4) is 6.07 Å². The third-order valence-corrected chi connectivity index (χ3v) is 2.86. The van der Waals surface area contributed by atoms with Crippen LogP contribution < -0.4 is 0 Å². The van der Waals surface area contributed by atoms with E-state index in [0.29, 0.717) is 12.8 Å². The van der Waals surface area contributed by atoms with E-state index in [1.165, 1.54) is 0 Å². The van der Waals surface area contributed by atoms with Gasteiger partial charge in [0.15, 0.2) is 12.1 Å². The van der Waals surface area contributed by atoms with E-state index in [-0.39, 0.29) is 18.3 Å². The van der Waals surface area contributed by atoms with Gasteiger partial charge in [0.25, 0.3) is 0 Å². The Morgan fingerprint density at radius 3 is 2.81 bits per heavy atom. The van der Waals surface area contributed by atoms with Crippen LogP contribution in [0.3, 0.4) is 0 Å². The maximum absolute atomic E-state index is 8.68. The molecular formula is C11H17NO4. The number of hydrogen-bond acceptors (Lipinski definition) is 5. The maximum Gasteiger partial charge on any atom is 0.186 e. The largest absolute Gasteiger partial charge is 0.353 e. The zero-order chi connectivity index (χ0) is 11.8. The molecule has 2 saturated heterocycles. The van der Waals surface area contributed by atoms with Gasteiger partial charge in [-0.3, -0.25) is 0 Å². The van der Waals surface area contributed by atoms with Crippen molar-refractivity contribution in [2.45, 2.75) is 57.1 Å². The summed E-state index contributed by atoms with van der Waals surface area (Å²) < 4.78 is 22.4. The van der Waals surface area contributed by atoms with E-state index in [4.69, 9.17) is 24.2 Å². The lowest BCUT2D eigenvalue weighted by Gasteiger charge is -2.34. The minimum absolute atomic E-state index is 0.0490. The summed E-state index contributed by atoms with van der Waals surface area (Å²) in [7, 11) is 1.57. The van der Waals surface area contributed by atoms with Crippen molar-refractivity contribution in [3.63, 3.8) is 0 Å². The highest BCUT2D eigenvalue weighted by molar-refractivity contribution is 4.92. The molecule has 0 aliphatic carbocycles. The number of nitriles is 1. The van der Waals surface area contributed by atoms with Gasteiger partial charge < -0.3 is 18.9 Å². The van der Waals surface area contributed by atoms with Gasteiger partial charge in [-0.15, -0.1) is 0 Å². The highest BCUT2D eigenvalue weighted by Gasteiger charge is 2.50. The van der Waals surface area contributed by atoms with Crippen LogP contribution in [-0.2, 0) is 18.9 Å². The van der Waals surface area contributed by atoms with Gasteiger partial charge in [0.1, 0.15) is 6.10 Å². The van der Waals surface area contributed by atoms with Gasteiger partial charge in [-0.1, -0.05) is 0 Å². The summed E-state index contributed by atoms with van der Waals surface area (Å²) in [5.41, 5.74) is 0. The molecule has 0 bridgehead atoms. The van der Waals surface area contributed by atoms with Crippen LogP contribution in [0.15, 0.2) is 0 Å². The SMILES string of the molecule is CO[C@H]1OC(CC#N)C[C@@H]2OC(C)(C)OC12. The summed E-state index contributed by atoms with van der Waals surface area (Å²) in [6.45, 7) is 3.74. The van der Waals surface area contributed by atoms with Crippen LogP contribution in [0.1, 0.15) is 26.7 Å². The molecule has 0 aromatic carbocycles. The lowest BCUT2D eigenvalue weighted by molar-refractivity contribution is -0.240. The number of methoxy groups -OCH3 is 1. The highest BCUT2D eigenvalue weighted by atomic mass is 16.8. The number of ether oxygens (including phenoxy) is 4. The Bertz CT molecular complexity index is 299. The van der Waals surface area contributed by atoms with Crippen molar-refractivity contribution in [2.24, 2.45) is 0 Å². The molecule has 2 rings (SSSR count). The highest BCUT2D eigenvalue weighted by Crippen LogP contribution is 2.37. The zero-order valence-corrected chi connectivity index (χ0v) is 9.80. The second kappa shape index (κ2) is 4.30. The molecule has 5 heteroatoms. The van der Waals surface area contributed by atoms with Gasteiger partial charge in [0.05, 0.1) is 24.7 Å². The molecule has 2 unspecified atom stereocenters. The van der Waals surface area contributed by atoms with Gasteiger partial charge in [0.2, 0.25) is 0 Å². The summed E-state index contributed by atoms with van der Waals surface area (Å²) >= 11 is 0. The molecule has 2 heterocycles. The van der Waals surface area contributed by atoms with E-state index in [2.05, 4.69) is 6.07 Å². The van der Waals surface area contributed by atoms with Crippen LogP contribution in [-0.4, -0.2) is 37.5 Å². The van der Waals surface area contributed by atoms with E-state index < -0.39 is 12.1 Å². The quantitative estimate of drug-likeness (QED) is 0.709. The smallest absolute Gasteiger partial charge is 0.186 e. The third-order valence-electron chi connectivity index (χ3n) is 2.86. The first-order chi connectivity index (χ1) is 7.55. The predicted molar refractivity (Wildman–Crippen MR) is 54.3 cm³/mol. The molecule has 2 fully saturated rings. The summed E-state index contributed by atoms with van der Waals surface area (Å²) in [4.78, 5) is 0. The standard InChI is InChI=1S/C11H17NO4/c1-11(2)15-8-6-7(4-5-12)14-10(13-3)9(8)16-11/h7-10H,4,6H2,1-3H3/t7?,8-,9?,10-/m0/s1. The van der Waals surface area contributed by atoms with Gasteiger partial charge in [-0.2, -0.15) is 5.26 Å². The normalized spacial score (nSPS) is 41.4. The third kappa shape index (κ3) is 2.20. The van der Waals surface area contributed by atoms with Gasteiger partial charge >= 0.3 is 0 Å². The van der Waals surface area contributed by atoms with Crippen LogP contribution in [0.4, 0.5) is 0 Å². The van der Waals surface area contributed by atoms with Crippen molar-refractivity contribution in [1.29, 1.82) is 5.26 Å². The first-order valence-corrected chi connectivity index (χ1v) is 5.46. The second-order valence-electron chi connectivity index (χ2n) is 4.60. The number of hydrogen-bond donors (Lipinski definition) is 0. The lowest BCUT2D eigenvalue weighted by atomic mass is 10.0. The van der Waals surface area contributed by atoms with Crippen molar-refractivity contribution in [1.82, 2.24) is 0 Å². The average molecular weight is 227 g/mol. The van der Waals surface area contributed by atoms with Crippen LogP contribution in [0.5, 0.6) is 0 Å². The summed E-state index contributed by atoms with van der Waals surface area (Å²) in [6.07, 6.45) is 0.212. The van der Waals surface area contributed by atoms with Crippen LogP contribution >= 0.6 is 0 Å². The molecule has 0 amide bonds. The van der Waals surface area contributed by atoms with Crippen LogP contribution in [0, 0.1) is 11.3 Å². The molecule has 0 radical (unpaired) electrons. The Morgan fingerprint density at radius 2 is 2.19 bits per heavy atom. The minimum atomic E-state index is -0.600. The molecule has 4 atom stereocenters. The first-order valence-electron chi connectivity index (χ1n) is 5.46. The molecule has 0 aromatic heterocycles. The Labute approximate surface area is 95.2 Å². The zero-order valence-electron chi connectivity index (χ0n) is 9.80. The Balaban J connectivity index is 2.08. The van der Waals surface area contributed by atoms with E-state index in [1.54, 1.807) is 7.11 Å². The van der Waals surface area contributed by atoms with Gasteiger partial charge in [-0.05, 0) is 13.8 Å². The van der Waals surface area contributed by atoms with E-state index in [1.807, 2.05) is 13.8 Å².